The summed E-state index contributed by atoms with van der Waals surface area (Å²) >= 11 is 0. The summed E-state index contributed by atoms with van der Waals surface area (Å²) < 4.78 is 2.00. The Kier molecular flexibility index (Phi) is 3.88. The molecule has 0 bridgehead atoms. The standard InChI is InChI=1S/C17H23N3/c1-2-10-20-12-14(11-19-20)17(18)16-9-5-7-13-6-3-4-8-15(13)16/h3-4,6,8,11-12,16-17H,2,5,7,9-10,18H2,1H3. The summed E-state index contributed by atoms with van der Waals surface area (Å²) in [7, 11) is 0. The van der Waals surface area contributed by atoms with Gasteiger partial charge in [0.1, 0.15) is 0 Å². The molecule has 20 heavy (non-hydrogen) atoms. The number of benzene rings is 1. The Morgan fingerprint density at radius 1 is 1.40 bits per heavy atom. The van der Waals surface area contributed by atoms with Crippen LogP contribution in [0.1, 0.15) is 54.8 Å². The predicted molar refractivity (Wildman–Crippen MR) is 81.6 cm³/mol. The molecule has 1 aromatic heterocycles. The summed E-state index contributed by atoms with van der Waals surface area (Å²) in [5, 5.41) is 4.41. The predicted octanol–water partition coefficient (Wildman–Crippen LogP) is 3.41. The average molecular weight is 269 g/mol. The molecule has 0 saturated heterocycles. The van der Waals surface area contributed by atoms with Gasteiger partial charge in [-0.25, -0.2) is 0 Å². The maximum Gasteiger partial charge on any atom is 0.0537 e. The van der Waals surface area contributed by atoms with Gasteiger partial charge in [-0.3, -0.25) is 4.68 Å². The van der Waals surface area contributed by atoms with Gasteiger partial charge in [-0.05, 0) is 36.8 Å². The van der Waals surface area contributed by atoms with Gasteiger partial charge in [0.2, 0.25) is 0 Å². The molecule has 106 valence electrons. The third kappa shape index (κ3) is 2.50. The molecule has 2 unspecified atom stereocenters. The van der Waals surface area contributed by atoms with E-state index < -0.39 is 0 Å². The fraction of sp³-hybridized carbons (Fsp3) is 0.471. The second kappa shape index (κ2) is 5.80. The maximum absolute atomic E-state index is 6.54. The van der Waals surface area contributed by atoms with Gasteiger partial charge < -0.3 is 5.73 Å². The quantitative estimate of drug-likeness (QED) is 0.924. The van der Waals surface area contributed by atoms with E-state index in [-0.39, 0.29) is 6.04 Å². The number of hydrogen-bond donors (Lipinski definition) is 1. The van der Waals surface area contributed by atoms with Crippen LogP contribution in [-0.4, -0.2) is 9.78 Å². The Morgan fingerprint density at radius 2 is 2.25 bits per heavy atom. The van der Waals surface area contributed by atoms with Crippen molar-refractivity contribution < 1.29 is 0 Å². The number of nitrogens with zero attached hydrogens (tertiary/aromatic N) is 2. The molecule has 0 spiro atoms. The zero-order valence-corrected chi connectivity index (χ0v) is 12.1. The molecule has 1 aliphatic rings. The van der Waals surface area contributed by atoms with Crippen molar-refractivity contribution in [2.24, 2.45) is 5.73 Å². The molecule has 1 aromatic carbocycles. The summed E-state index contributed by atoms with van der Waals surface area (Å²) in [6.45, 7) is 3.13. The first-order valence-electron chi connectivity index (χ1n) is 7.65. The summed E-state index contributed by atoms with van der Waals surface area (Å²) in [5.74, 6) is 0.430. The lowest BCUT2D eigenvalue weighted by Crippen LogP contribution is -2.23. The Labute approximate surface area is 120 Å². The fourth-order valence-corrected chi connectivity index (χ4v) is 3.30. The van der Waals surface area contributed by atoms with E-state index in [1.807, 2.05) is 10.9 Å². The van der Waals surface area contributed by atoms with Crippen molar-refractivity contribution in [1.82, 2.24) is 9.78 Å². The summed E-state index contributed by atoms with van der Waals surface area (Å²) in [4.78, 5) is 0. The highest BCUT2D eigenvalue weighted by atomic mass is 15.3. The van der Waals surface area contributed by atoms with Gasteiger partial charge in [-0.15, -0.1) is 0 Å². The minimum atomic E-state index is 0.0575. The molecule has 3 rings (SSSR count). The molecular weight excluding hydrogens is 246 g/mol. The van der Waals surface area contributed by atoms with E-state index in [0.717, 1.165) is 13.0 Å². The first-order valence-corrected chi connectivity index (χ1v) is 7.65. The number of fused-ring (bicyclic) bond motifs is 1. The lowest BCUT2D eigenvalue weighted by Gasteiger charge is -2.29. The Hall–Kier alpha value is -1.61. The summed E-state index contributed by atoms with van der Waals surface area (Å²) in [5.41, 5.74) is 10.6. The van der Waals surface area contributed by atoms with Crippen LogP contribution >= 0.6 is 0 Å². The van der Waals surface area contributed by atoms with Gasteiger partial charge in [-0.1, -0.05) is 31.2 Å². The first kappa shape index (κ1) is 13.4. The van der Waals surface area contributed by atoms with E-state index in [1.165, 1.54) is 36.0 Å². The van der Waals surface area contributed by atoms with Gasteiger partial charge in [0.15, 0.2) is 0 Å². The molecule has 3 heteroatoms. The van der Waals surface area contributed by atoms with Crippen molar-refractivity contribution >= 4 is 0 Å². The van der Waals surface area contributed by atoms with Crippen molar-refractivity contribution in [2.75, 3.05) is 0 Å². The van der Waals surface area contributed by atoms with Crippen LogP contribution in [0.5, 0.6) is 0 Å². The zero-order valence-electron chi connectivity index (χ0n) is 12.1. The van der Waals surface area contributed by atoms with Gasteiger partial charge >= 0.3 is 0 Å². The Balaban J connectivity index is 1.85. The molecule has 0 saturated carbocycles. The highest BCUT2D eigenvalue weighted by Gasteiger charge is 2.27. The normalized spacial score (nSPS) is 19.6. The van der Waals surface area contributed by atoms with Gasteiger partial charge in [0.05, 0.1) is 6.20 Å². The van der Waals surface area contributed by atoms with Crippen LogP contribution < -0.4 is 5.73 Å². The SMILES string of the molecule is CCCn1cc(C(N)C2CCCc3ccccc32)cn1. The second-order valence-corrected chi connectivity index (χ2v) is 5.76. The van der Waals surface area contributed by atoms with E-state index in [9.17, 15) is 0 Å². The Bertz CT molecular complexity index is 573. The molecule has 1 heterocycles. The van der Waals surface area contributed by atoms with E-state index in [1.54, 1.807) is 0 Å². The molecule has 2 aromatic rings. The van der Waals surface area contributed by atoms with Crippen molar-refractivity contribution in [1.29, 1.82) is 0 Å². The van der Waals surface area contributed by atoms with Crippen LogP contribution in [-0.2, 0) is 13.0 Å². The number of nitrogens with two attached hydrogens (primary N) is 1. The van der Waals surface area contributed by atoms with E-state index in [2.05, 4.69) is 42.5 Å². The molecule has 0 radical (unpaired) electrons. The van der Waals surface area contributed by atoms with Gasteiger partial charge in [0, 0.05) is 30.3 Å². The summed E-state index contributed by atoms with van der Waals surface area (Å²) in [6.07, 6.45) is 8.76. The minimum Gasteiger partial charge on any atom is -0.323 e. The van der Waals surface area contributed by atoms with Gasteiger partial charge in [0.25, 0.3) is 0 Å². The molecule has 0 fully saturated rings. The van der Waals surface area contributed by atoms with Crippen molar-refractivity contribution in [3.63, 3.8) is 0 Å². The van der Waals surface area contributed by atoms with Crippen LogP contribution in [0.3, 0.4) is 0 Å². The lowest BCUT2D eigenvalue weighted by atomic mass is 9.77. The van der Waals surface area contributed by atoms with Crippen molar-refractivity contribution in [2.45, 2.75) is 51.1 Å². The molecular formula is C17H23N3. The lowest BCUT2D eigenvalue weighted by molar-refractivity contribution is 0.474. The second-order valence-electron chi connectivity index (χ2n) is 5.76. The molecule has 2 atom stereocenters. The van der Waals surface area contributed by atoms with Crippen LogP contribution in [0, 0.1) is 0 Å². The van der Waals surface area contributed by atoms with E-state index in [0.29, 0.717) is 5.92 Å². The van der Waals surface area contributed by atoms with Crippen LogP contribution in [0.4, 0.5) is 0 Å². The molecule has 0 amide bonds. The minimum absolute atomic E-state index is 0.0575. The smallest absolute Gasteiger partial charge is 0.0537 e. The monoisotopic (exact) mass is 269 g/mol. The largest absolute Gasteiger partial charge is 0.323 e. The molecule has 2 N–H and O–H groups in total. The number of aromatic nitrogens is 2. The topological polar surface area (TPSA) is 43.8 Å². The Morgan fingerprint density at radius 3 is 3.10 bits per heavy atom. The highest BCUT2D eigenvalue weighted by Crippen LogP contribution is 2.38. The number of aryl methyl sites for hydroxylation is 2. The molecule has 3 nitrogen and oxygen atoms in total. The third-order valence-electron chi connectivity index (χ3n) is 4.34. The highest BCUT2D eigenvalue weighted by molar-refractivity contribution is 5.35. The van der Waals surface area contributed by atoms with Crippen LogP contribution in [0.15, 0.2) is 36.7 Å². The maximum atomic E-state index is 6.54. The average Bonchev–Trinajstić information content (AvgIpc) is 2.95. The zero-order chi connectivity index (χ0) is 13.9. The van der Waals surface area contributed by atoms with E-state index in [4.69, 9.17) is 5.73 Å². The van der Waals surface area contributed by atoms with Crippen molar-refractivity contribution in [3.8, 4) is 0 Å². The fourth-order valence-electron chi connectivity index (χ4n) is 3.30. The van der Waals surface area contributed by atoms with Crippen molar-refractivity contribution in [3.05, 3.63) is 53.3 Å². The molecule has 0 aliphatic heterocycles. The third-order valence-corrected chi connectivity index (χ3v) is 4.34. The van der Waals surface area contributed by atoms with Crippen LogP contribution in [0.2, 0.25) is 0 Å². The van der Waals surface area contributed by atoms with Crippen LogP contribution in [0.25, 0.3) is 0 Å². The molecule has 1 aliphatic carbocycles. The van der Waals surface area contributed by atoms with E-state index >= 15 is 0 Å². The first-order chi connectivity index (χ1) is 9.79. The number of rotatable bonds is 4. The summed E-state index contributed by atoms with van der Waals surface area (Å²) in [6, 6.07) is 8.81. The van der Waals surface area contributed by atoms with Gasteiger partial charge in [-0.2, -0.15) is 5.10 Å². The number of hydrogen-bond acceptors (Lipinski definition) is 2.